The van der Waals surface area contributed by atoms with E-state index in [9.17, 15) is 4.79 Å². The van der Waals surface area contributed by atoms with Gasteiger partial charge in [0.2, 0.25) is 5.88 Å². The van der Waals surface area contributed by atoms with Gasteiger partial charge in [0.15, 0.2) is 0 Å². The molecule has 0 aliphatic heterocycles. The van der Waals surface area contributed by atoms with Gasteiger partial charge in [-0.3, -0.25) is 5.32 Å². The number of urea groups is 1. The van der Waals surface area contributed by atoms with Crippen LogP contribution in [0.5, 0.6) is 0 Å². The van der Waals surface area contributed by atoms with Crippen LogP contribution in [0.15, 0.2) is 65.1 Å². The molecule has 0 aliphatic rings. The van der Waals surface area contributed by atoms with Gasteiger partial charge >= 0.3 is 6.03 Å². The Kier molecular flexibility index (Phi) is 6.01. The molecule has 0 spiro atoms. The topological polar surface area (TPSA) is 54.3 Å². The first-order chi connectivity index (χ1) is 15.0. The van der Waals surface area contributed by atoms with Crippen molar-refractivity contribution in [2.75, 3.05) is 10.6 Å². The van der Waals surface area contributed by atoms with Gasteiger partial charge in [-0.25, -0.2) is 4.79 Å². The molecular formula is C26H25ClN2O2. The van der Waals surface area contributed by atoms with Gasteiger partial charge in [0.05, 0.1) is 5.56 Å². The quantitative estimate of drug-likeness (QED) is 0.337. The molecule has 5 heteroatoms. The van der Waals surface area contributed by atoms with Gasteiger partial charge in [0, 0.05) is 16.1 Å². The van der Waals surface area contributed by atoms with E-state index in [-0.39, 0.29) is 6.03 Å². The fourth-order valence-electron chi connectivity index (χ4n) is 3.93. The molecule has 158 valence electrons. The average molecular weight is 433 g/mol. The third-order valence-corrected chi connectivity index (χ3v) is 5.76. The number of carbonyl (C=O) groups is 1. The van der Waals surface area contributed by atoms with Gasteiger partial charge in [-0.05, 0) is 60.2 Å². The summed E-state index contributed by atoms with van der Waals surface area (Å²) in [4.78, 5) is 13.0. The summed E-state index contributed by atoms with van der Waals surface area (Å²) in [5, 5.41) is 7.45. The molecule has 4 nitrogen and oxygen atoms in total. The van der Waals surface area contributed by atoms with Crippen molar-refractivity contribution in [1.82, 2.24) is 0 Å². The number of anilines is 2. The molecule has 0 atom stereocenters. The molecule has 4 rings (SSSR count). The van der Waals surface area contributed by atoms with Gasteiger partial charge in [0.25, 0.3) is 0 Å². The molecular weight excluding hydrogens is 408 g/mol. The highest BCUT2D eigenvalue weighted by Crippen LogP contribution is 2.41. The summed E-state index contributed by atoms with van der Waals surface area (Å²) < 4.78 is 6.05. The highest BCUT2D eigenvalue weighted by Gasteiger charge is 2.20. The lowest BCUT2D eigenvalue weighted by Crippen LogP contribution is -2.21. The SMILES string of the molecule is CCc1cccc(CC)c1NC(=O)Nc1oc2ccc(Cl)cc2c1-c1ccccc1C. The summed E-state index contributed by atoms with van der Waals surface area (Å²) in [6, 6.07) is 19.3. The van der Waals surface area contributed by atoms with E-state index in [0.29, 0.717) is 16.5 Å². The number of halogens is 1. The summed E-state index contributed by atoms with van der Waals surface area (Å²) in [6.45, 7) is 6.20. The minimum atomic E-state index is -0.337. The molecule has 2 N–H and O–H groups in total. The van der Waals surface area contributed by atoms with Gasteiger partial charge < -0.3 is 9.73 Å². The fourth-order valence-corrected chi connectivity index (χ4v) is 4.10. The first kappa shape index (κ1) is 21.0. The standard InChI is InChI=1S/C26H25ClN2O2/c1-4-17-10-8-11-18(5-2)24(17)28-26(30)29-25-23(20-12-7-6-9-16(20)3)21-15-19(27)13-14-22(21)31-25/h6-15H,4-5H2,1-3H3,(H2,28,29,30). The molecule has 0 fully saturated rings. The van der Waals surface area contributed by atoms with Gasteiger partial charge in [0.1, 0.15) is 5.58 Å². The highest BCUT2D eigenvalue weighted by molar-refractivity contribution is 6.31. The summed E-state index contributed by atoms with van der Waals surface area (Å²) >= 11 is 6.27. The summed E-state index contributed by atoms with van der Waals surface area (Å²) in [5.74, 6) is 0.399. The van der Waals surface area contributed by atoms with Crippen LogP contribution in [0.2, 0.25) is 5.02 Å². The Morgan fingerprint density at radius 3 is 2.32 bits per heavy atom. The van der Waals surface area contributed by atoms with Crippen LogP contribution in [0.4, 0.5) is 16.4 Å². The normalized spacial score (nSPS) is 11.0. The van der Waals surface area contributed by atoms with Crippen LogP contribution in [0.3, 0.4) is 0 Å². The van der Waals surface area contributed by atoms with Crippen molar-refractivity contribution in [3.05, 3.63) is 82.4 Å². The number of hydrogen-bond donors (Lipinski definition) is 2. The van der Waals surface area contributed by atoms with E-state index in [2.05, 4.69) is 24.5 Å². The first-order valence-corrected chi connectivity index (χ1v) is 10.9. The van der Waals surface area contributed by atoms with Crippen molar-refractivity contribution in [3.63, 3.8) is 0 Å². The molecule has 0 radical (unpaired) electrons. The van der Waals surface area contributed by atoms with Crippen molar-refractivity contribution in [2.45, 2.75) is 33.6 Å². The molecule has 2 amide bonds. The van der Waals surface area contributed by atoms with Crippen molar-refractivity contribution in [2.24, 2.45) is 0 Å². The van der Waals surface area contributed by atoms with E-state index in [0.717, 1.165) is 51.7 Å². The van der Waals surface area contributed by atoms with Crippen molar-refractivity contribution < 1.29 is 9.21 Å². The molecule has 0 aliphatic carbocycles. The molecule has 3 aromatic carbocycles. The van der Waals surface area contributed by atoms with Crippen LogP contribution in [0.1, 0.15) is 30.5 Å². The van der Waals surface area contributed by atoms with Crippen LogP contribution in [-0.2, 0) is 12.8 Å². The maximum Gasteiger partial charge on any atom is 0.326 e. The smallest absolute Gasteiger partial charge is 0.326 e. The van der Waals surface area contributed by atoms with Gasteiger partial charge in [-0.15, -0.1) is 0 Å². The Balaban J connectivity index is 1.75. The molecule has 1 aromatic heterocycles. The van der Waals surface area contributed by atoms with Crippen LogP contribution in [-0.4, -0.2) is 6.03 Å². The number of benzene rings is 3. The average Bonchev–Trinajstić information content (AvgIpc) is 3.10. The number of furan rings is 1. The zero-order chi connectivity index (χ0) is 22.0. The van der Waals surface area contributed by atoms with E-state index in [1.54, 1.807) is 6.07 Å². The highest BCUT2D eigenvalue weighted by atomic mass is 35.5. The predicted octanol–water partition coefficient (Wildman–Crippen LogP) is 7.83. The van der Waals surface area contributed by atoms with E-state index in [1.807, 2.05) is 61.5 Å². The van der Waals surface area contributed by atoms with Crippen LogP contribution in [0, 0.1) is 6.92 Å². The number of rotatable bonds is 5. The van der Waals surface area contributed by atoms with Crippen molar-refractivity contribution >= 4 is 40.2 Å². The molecule has 4 aromatic rings. The van der Waals surface area contributed by atoms with E-state index in [1.165, 1.54) is 0 Å². The number of fused-ring (bicyclic) bond motifs is 1. The second kappa shape index (κ2) is 8.86. The molecule has 0 bridgehead atoms. The summed E-state index contributed by atoms with van der Waals surface area (Å²) in [6.07, 6.45) is 1.67. The fraction of sp³-hybridized carbons (Fsp3) is 0.192. The predicted molar refractivity (Wildman–Crippen MR) is 129 cm³/mol. The second-order valence-electron chi connectivity index (χ2n) is 7.50. The third kappa shape index (κ3) is 4.17. The van der Waals surface area contributed by atoms with Crippen LogP contribution in [0.25, 0.3) is 22.1 Å². The number of carbonyl (C=O) groups excluding carboxylic acids is 1. The van der Waals surface area contributed by atoms with E-state index in [4.69, 9.17) is 16.0 Å². The maximum atomic E-state index is 13.0. The monoisotopic (exact) mass is 432 g/mol. The summed E-state index contributed by atoms with van der Waals surface area (Å²) in [7, 11) is 0. The number of amides is 2. The number of para-hydroxylation sites is 1. The summed E-state index contributed by atoms with van der Waals surface area (Å²) in [5.41, 5.74) is 6.63. The van der Waals surface area contributed by atoms with E-state index >= 15 is 0 Å². The Labute approximate surface area is 187 Å². The minimum Gasteiger partial charge on any atom is -0.440 e. The zero-order valence-electron chi connectivity index (χ0n) is 17.9. The minimum absolute atomic E-state index is 0.337. The Hall–Kier alpha value is -3.24. The molecule has 0 saturated carbocycles. The van der Waals surface area contributed by atoms with Gasteiger partial charge in [-0.2, -0.15) is 0 Å². The molecule has 1 heterocycles. The van der Waals surface area contributed by atoms with Crippen LogP contribution < -0.4 is 10.6 Å². The molecule has 31 heavy (non-hydrogen) atoms. The maximum absolute atomic E-state index is 13.0. The number of nitrogens with one attached hydrogen (secondary N) is 2. The zero-order valence-corrected chi connectivity index (χ0v) is 18.6. The Morgan fingerprint density at radius 2 is 1.65 bits per heavy atom. The Bertz CT molecular complexity index is 1240. The number of aryl methyl sites for hydroxylation is 3. The van der Waals surface area contributed by atoms with Crippen LogP contribution >= 0.6 is 11.6 Å². The van der Waals surface area contributed by atoms with E-state index < -0.39 is 0 Å². The lowest BCUT2D eigenvalue weighted by Gasteiger charge is -2.15. The lowest BCUT2D eigenvalue weighted by molar-refractivity contribution is 0.261. The van der Waals surface area contributed by atoms with Gasteiger partial charge in [-0.1, -0.05) is 67.9 Å². The number of hydrogen-bond acceptors (Lipinski definition) is 2. The van der Waals surface area contributed by atoms with Crippen molar-refractivity contribution in [1.29, 1.82) is 0 Å². The molecule has 0 unspecified atom stereocenters. The largest absolute Gasteiger partial charge is 0.440 e. The lowest BCUT2D eigenvalue weighted by atomic mass is 9.99. The first-order valence-electron chi connectivity index (χ1n) is 10.5. The molecule has 0 saturated heterocycles. The second-order valence-corrected chi connectivity index (χ2v) is 7.94. The Morgan fingerprint density at radius 1 is 0.935 bits per heavy atom. The van der Waals surface area contributed by atoms with Crippen molar-refractivity contribution in [3.8, 4) is 11.1 Å². The third-order valence-electron chi connectivity index (χ3n) is 5.53.